The summed E-state index contributed by atoms with van der Waals surface area (Å²) >= 11 is 6.42. The molecule has 1 aliphatic heterocycles. The highest BCUT2D eigenvalue weighted by atomic mass is 35.5. The van der Waals surface area contributed by atoms with Gasteiger partial charge in [0, 0.05) is 17.6 Å². The maximum absolute atomic E-state index is 6.42. The number of nitrogens with one attached hydrogen (secondary N) is 1. The van der Waals surface area contributed by atoms with Crippen molar-refractivity contribution < 1.29 is 4.74 Å². The van der Waals surface area contributed by atoms with Crippen LogP contribution in [0.5, 0.6) is 5.75 Å². The molecule has 3 heterocycles. The molecular formula is C24H20ClN5O. The Morgan fingerprint density at radius 1 is 1.00 bits per heavy atom. The Morgan fingerprint density at radius 3 is 2.65 bits per heavy atom. The fourth-order valence-electron chi connectivity index (χ4n) is 3.58. The lowest BCUT2D eigenvalue weighted by atomic mass is 10.1. The molecule has 0 saturated carbocycles. The number of pyridine rings is 1. The molecule has 154 valence electrons. The zero-order chi connectivity index (χ0) is 21.2. The number of rotatable bonds is 4. The molecule has 5 rings (SSSR count). The molecule has 0 aliphatic carbocycles. The average molecular weight is 430 g/mol. The van der Waals surface area contributed by atoms with Gasteiger partial charge in [-0.15, -0.1) is 0 Å². The van der Waals surface area contributed by atoms with Crippen LogP contribution in [0.4, 0.5) is 23.1 Å². The lowest BCUT2D eigenvalue weighted by molar-refractivity contribution is 0.310. The van der Waals surface area contributed by atoms with Gasteiger partial charge in [0.1, 0.15) is 6.61 Å². The van der Waals surface area contributed by atoms with E-state index in [4.69, 9.17) is 21.3 Å². The molecule has 31 heavy (non-hydrogen) atoms. The van der Waals surface area contributed by atoms with E-state index >= 15 is 0 Å². The molecule has 0 atom stereocenters. The number of nitrogens with zero attached hydrogens (tertiary/aromatic N) is 4. The van der Waals surface area contributed by atoms with Crippen LogP contribution in [-0.4, -0.2) is 28.1 Å². The van der Waals surface area contributed by atoms with Crippen LogP contribution in [0.1, 0.15) is 5.69 Å². The molecule has 1 N–H and O–H groups in total. The predicted octanol–water partition coefficient (Wildman–Crippen LogP) is 5.77. The molecule has 0 saturated heterocycles. The number of fused-ring (bicyclic) bond motifs is 1. The predicted molar refractivity (Wildman–Crippen MR) is 124 cm³/mol. The average Bonchev–Trinajstić information content (AvgIpc) is 2.80. The van der Waals surface area contributed by atoms with Gasteiger partial charge in [0.2, 0.25) is 5.95 Å². The van der Waals surface area contributed by atoms with Crippen molar-refractivity contribution in [2.45, 2.75) is 6.92 Å². The van der Waals surface area contributed by atoms with E-state index in [-0.39, 0.29) is 0 Å². The van der Waals surface area contributed by atoms with Gasteiger partial charge >= 0.3 is 0 Å². The second-order valence-corrected chi connectivity index (χ2v) is 7.63. The van der Waals surface area contributed by atoms with Gasteiger partial charge in [0.05, 0.1) is 23.5 Å². The number of hydrogen-bond donors (Lipinski definition) is 1. The van der Waals surface area contributed by atoms with Crippen LogP contribution in [0, 0.1) is 6.92 Å². The highest BCUT2D eigenvalue weighted by Gasteiger charge is 2.23. The molecule has 2 aromatic heterocycles. The van der Waals surface area contributed by atoms with Crippen molar-refractivity contribution in [1.29, 1.82) is 0 Å². The third-order valence-electron chi connectivity index (χ3n) is 5.08. The van der Waals surface area contributed by atoms with Crippen molar-refractivity contribution in [2.24, 2.45) is 0 Å². The van der Waals surface area contributed by atoms with Gasteiger partial charge < -0.3 is 15.0 Å². The standard InChI is InChI=1S/C24H20ClN5O/c1-16-14-18(10-11-26-16)17-6-8-19(9-7-17)28-24-27-15-22-23(29-24)30(12-13-31-22)21-5-3-2-4-20(21)25/h2-11,14-15H,12-13H2,1H3,(H,27,28,29). The number of para-hydroxylation sites is 1. The third kappa shape index (κ3) is 4.02. The summed E-state index contributed by atoms with van der Waals surface area (Å²) in [5.74, 6) is 1.83. The van der Waals surface area contributed by atoms with Gasteiger partial charge in [-0.3, -0.25) is 4.98 Å². The Balaban J connectivity index is 1.41. The minimum atomic E-state index is 0.494. The second-order valence-electron chi connectivity index (χ2n) is 7.22. The summed E-state index contributed by atoms with van der Waals surface area (Å²) in [6.45, 7) is 3.19. The SMILES string of the molecule is Cc1cc(-c2ccc(Nc3ncc4c(n3)N(c3ccccc3Cl)CCO4)cc2)ccn1. The smallest absolute Gasteiger partial charge is 0.229 e. The highest BCUT2D eigenvalue weighted by molar-refractivity contribution is 6.33. The number of anilines is 4. The quantitative estimate of drug-likeness (QED) is 0.444. The summed E-state index contributed by atoms with van der Waals surface area (Å²) in [4.78, 5) is 15.4. The van der Waals surface area contributed by atoms with Crippen LogP contribution in [0.25, 0.3) is 11.1 Å². The number of aromatic nitrogens is 3. The van der Waals surface area contributed by atoms with E-state index in [9.17, 15) is 0 Å². The summed E-state index contributed by atoms with van der Waals surface area (Å²) in [5.41, 5.74) is 5.05. The van der Waals surface area contributed by atoms with E-state index in [0.717, 1.165) is 28.2 Å². The Hall–Kier alpha value is -3.64. The first-order valence-corrected chi connectivity index (χ1v) is 10.4. The summed E-state index contributed by atoms with van der Waals surface area (Å²) in [7, 11) is 0. The normalized spacial score (nSPS) is 12.8. The summed E-state index contributed by atoms with van der Waals surface area (Å²) in [5, 5.41) is 3.95. The lowest BCUT2D eigenvalue weighted by Crippen LogP contribution is -2.30. The number of hydrogen-bond acceptors (Lipinski definition) is 6. The maximum Gasteiger partial charge on any atom is 0.229 e. The number of ether oxygens (including phenoxy) is 1. The third-order valence-corrected chi connectivity index (χ3v) is 5.40. The fourth-order valence-corrected chi connectivity index (χ4v) is 3.81. The first-order valence-electron chi connectivity index (χ1n) is 9.99. The lowest BCUT2D eigenvalue weighted by Gasteiger charge is -2.30. The van der Waals surface area contributed by atoms with E-state index in [0.29, 0.717) is 35.7 Å². The van der Waals surface area contributed by atoms with E-state index in [1.807, 2.05) is 55.6 Å². The topological polar surface area (TPSA) is 63.2 Å². The van der Waals surface area contributed by atoms with E-state index < -0.39 is 0 Å². The van der Waals surface area contributed by atoms with Crippen molar-refractivity contribution in [3.05, 3.63) is 83.8 Å². The highest BCUT2D eigenvalue weighted by Crippen LogP contribution is 2.38. The zero-order valence-corrected chi connectivity index (χ0v) is 17.7. The van der Waals surface area contributed by atoms with Crippen molar-refractivity contribution in [1.82, 2.24) is 15.0 Å². The molecule has 0 amide bonds. The minimum absolute atomic E-state index is 0.494. The fraction of sp³-hybridized carbons (Fsp3) is 0.125. The van der Waals surface area contributed by atoms with Gasteiger partial charge in [0.15, 0.2) is 11.6 Å². The van der Waals surface area contributed by atoms with Crippen molar-refractivity contribution >= 4 is 34.7 Å². The van der Waals surface area contributed by atoms with Crippen molar-refractivity contribution in [3.8, 4) is 16.9 Å². The summed E-state index contributed by atoms with van der Waals surface area (Å²) in [6, 6.07) is 19.9. The molecule has 4 aromatic rings. The van der Waals surface area contributed by atoms with Gasteiger partial charge in [0.25, 0.3) is 0 Å². The zero-order valence-electron chi connectivity index (χ0n) is 16.9. The van der Waals surface area contributed by atoms with Crippen LogP contribution >= 0.6 is 11.6 Å². The molecular weight excluding hydrogens is 410 g/mol. The van der Waals surface area contributed by atoms with Gasteiger partial charge in [-0.05, 0) is 54.4 Å². The molecule has 7 heteroatoms. The minimum Gasteiger partial charge on any atom is -0.486 e. The van der Waals surface area contributed by atoms with E-state index in [2.05, 4.69) is 38.4 Å². The molecule has 0 fully saturated rings. The summed E-state index contributed by atoms with van der Waals surface area (Å²) < 4.78 is 5.75. The second kappa shape index (κ2) is 8.24. The van der Waals surface area contributed by atoms with Crippen LogP contribution in [0.2, 0.25) is 5.02 Å². The van der Waals surface area contributed by atoms with Crippen LogP contribution < -0.4 is 15.0 Å². The number of benzene rings is 2. The Kier molecular flexibility index (Phi) is 5.14. The molecule has 0 unspecified atom stereocenters. The van der Waals surface area contributed by atoms with Gasteiger partial charge in [-0.25, -0.2) is 4.98 Å². The van der Waals surface area contributed by atoms with Crippen LogP contribution in [0.15, 0.2) is 73.1 Å². The van der Waals surface area contributed by atoms with Gasteiger partial charge in [-0.1, -0.05) is 35.9 Å². The molecule has 6 nitrogen and oxygen atoms in total. The molecule has 0 radical (unpaired) electrons. The molecule has 0 spiro atoms. The van der Waals surface area contributed by atoms with Crippen molar-refractivity contribution in [3.63, 3.8) is 0 Å². The van der Waals surface area contributed by atoms with E-state index in [1.165, 1.54) is 0 Å². The van der Waals surface area contributed by atoms with E-state index in [1.54, 1.807) is 6.20 Å². The summed E-state index contributed by atoms with van der Waals surface area (Å²) in [6.07, 6.45) is 3.52. The molecule has 1 aliphatic rings. The monoisotopic (exact) mass is 429 g/mol. The van der Waals surface area contributed by atoms with Crippen molar-refractivity contribution in [2.75, 3.05) is 23.4 Å². The maximum atomic E-state index is 6.42. The number of aryl methyl sites for hydroxylation is 1. The Labute approximate surface area is 185 Å². The van der Waals surface area contributed by atoms with Crippen LogP contribution in [-0.2, 0) is 0 Å². The number of halogens is 1. The molecule has 2 aromatic carbocycles. The first-order chi connectivity index (χ1) is 15.2. The first kappa shape index (κ1) is 19.3. The largest absolute Gasteiger partial charge is 0.486 e. The Morgan fingerprint density at radius 2 is 1.84 bits per heavy atom. The van der Waals surface area contributed by atoms with Crippen LogP contribution in [0.3, 0.4) is 0 Å². The van der Waals surface area contributed by atoms with Gasteiger partial charge in [-0.2, -0.15) is 4.98 Å². The Bertz CT molecular complexity index is 1230. The molecule has 0 bridgehead atoms.